The second-order valence-electron chi connectivity index (χ2n) is 10.2. The molecule has 15 heteroatoms. The fourth-order valence-electron chi connectivity index (χ4n) is 5.64. The summed E-state index contributed by atoms with van der Waals surface area (Å²) in [4.78, 5) is 15.8. The number of methoxy groups -OCH3 is 1. The van der Waals surface area contributed by atoms with Crippen LogP contribution in [0.4, 0.5) is 18.9 Å². The third kappa shape index (κ3) is 5.87. The van der Waals surface area contributed by atoms with Gasteiger partial charge in [0.2, 0.25) is 0 Å². The zero-order chi connectivity index (χ0) is 30.3. The van der Waals surface area contributed by atoms with Gasteiger partial charge >= 0.3 is 0 Å². The number of aromatic nitrogens is 3. The molecule has 2 fully saturated rings. The SMILES string of the molecule is COC1C(C(=O)N(c2cc(Br)cc(Br)c2)[C@H]2CCC[C@@H]2O)OC(CO)C(O)C1n1cc(-c2cc(F)c(F)c(F)c2)nn1. The Bertz CT molecular complexity index is 1420. The first kappa shape index (κ1) is 31.0. The number of ether oxygens (including phenoxy) is 2. The molecule has 5 rings (SSSR count). The number of carbonyl (C=O) groups is 1. The maximum absolute atomic E-state index is 14.4. The number of benzene rings is 2. The van der Waals surface area contributed by atoms with Gasteiger partial charge in [0, 0.05) is 27.3 Å². The summed E-state index contributed by atoms with van der Waals surface area (Å²) in [5.41, 5.74) is 0.317. The highest BCUT2D eigenvalue weighted by atomic mass is 79.9. The number of rotatable bonds is 7. The molecule has 5 unspecified atom stereocenters. The van der Waals surface area contributed by atoms with E-state index >= 15 is 0 Å². The van der Waals surface area contributed by atoms with Crippen molar-refractivity contribution in [1.29, 1.82) is 0 Å². The van der Waals surface area contributed by atoms with E-state index in [0.717, 1.165) is 16.8 Å². The van der Waals surface area contributed by atoms with E-state index < -0.39 is 72.6 Å². The number of aliphatic hydroxyl groups is 3. The monoisotopic (exact) mass is 718 g/mol. The summed E-state index contributed by atoms with van der Waals surface area (Å²) in [6.07, 6.45) is -3.12. The number of anilines is 1. The highest BCUT2D eigenvalue weighted by molar-refractivity contribution is 9.11. The van der Waals surface area contributed by atoms with E-state index in [2.05, 4.69) is 42.2 Å². The Morgan fingerprint density at radius 3 is 2.36 bits per heavy atom. The second-order valence-corrected chi connectivity index (χ2v) is 12.0. The van der Waals surface area contributed by atoms with Crippen LogP contribution in [0.5, 0.6) is 0 Å². The van der Waals surface area contributed by atoms with Gasteiger partial charge in [-0.25, -0.2) is 17.9 Å². The standard InChI is InChI=1S/C27H27Br2F3N4O6/c1-41-25-23(35-10-18(33-34-35)12-5-16(30)22(32)17(31)6-12)24(39)21(11-37)42-26(25)27(40)36(19-3-2-4-20(19)38)15-8-13(28)7-14(29)9-15/h5-10,19-21,23-26,37-39H,2-4,11H2,1H3/t19-,20-,21?,23?,24?,25?,26?/m0/s1. The Hall–Kier alpha value is -2.40. The van der Waals surface area contributed by atoms with Crippen LogP contribution >= 0.6 is 31.9 Å². The first-order valence-electron chi connectivity index (χ1n) is 13.0. The lowest BCUT2D eigenvalue weighted by Gasteiger charge is -2.45. The summed E-state index contributed by atoms with van der Waals surface area (Å²) in [5.74, 6) is -5.05. The van der Waals surface area contributed by atoms with Crippen LogP contribution in [0.3, 0.4) is 0 Å². The van der Waals surface area contributed by atoms with Crippen molar-refractivity contribution in [3.8, 4) is 11.3 Å². The van der Waals surface area contributed by atoms with Gasteiger partial charge in [-0.05, 0) is 49.6 Å². The van der Waals surface area contributed by atoms with E-state index in [1.165, 1.54) is 18.2 Å². The zero-order valence-corrected chi connectivity index (χ0v) is 25.3. The first-order chi connectivity index (χ1) is 20.0. The molecule has 3 N–H and O–H groups in total. The van der Waals surface area contributed by atoms with Crippen LogP contribution in [0, 0.1) is 17.5 Å². The average Bonchev–Trinajstić information content (AvgIpc) is 3.60. The van der Waals surface area contributed by atoms with Crippen LogP contribution in [0.2, 0.25) is 0 Å². The molecule has 2 aliphatic rings. The molecular formula is C27H27Br2F3N4O6. The van der Waals surface area contributed by atoms with Crippen molar-refractivity contribution in [2.75, 3.05) is 18.6 Å². The van der Waals surface area contributed by atoms with Crippen LogP contribution in [-0.2, 0) is 14.3 Å². The number of hydrogen-bond donors (Lipinski definition) is 3. The van der Waals surface area contributed by atoms with E-state index in [9.17, 15) is 33.3 Å². The molecule has 0 radical (unpaired) electrons. The van der Waals surface area contributed by atoms with Crippen LogP contribution in [-0.4, -0.2) is 86.5 Å². The lowest BCUT2D eigenvalue weighted by atomic mass is 9.91. The van der Waals surface area contributed by atoms with E-state index in [1.54, 1.807) is 18.2 Å². The van der Waals surface area contributed by atoms with Gasteiger partial charge in [-0.2, -0.15) is 0 Å². The van der Waals surface area contributed by atoms with Gasteiger partial charge < -0.3 is 29.7 Å². The molecule has 1 amide bonds. The largest absolute Gasteiger partial charge is 0.394 e. The summed E-state index contributed by atoms with van der Waals surface area (Å²) in [5, 5.41) is 40.0. The Kier molecular flexibility index (Phi) is 9.37. The predicted molar refractivity (Wildman–Crippen MR) is 150 cm³/mol. The van der Waals surface area contributed by atoms with Gasteiger partial charge in [-0.3, -0.25) is 4.79 Å². The number of amides is 1. The Morgan fingerprint density at radius 1 is 1.12 bits per heavy atom. The Balaban J connectivity index is 1.54. The molecule has 1 aromatic heterocycles. The van der Waals surface area contributed by atoms with E-state index in [-0.39, 0.29) is 11.3 Å². The number of halogens is 5. The minimum Gasteiger partial charge on any atom is -0.394 e. The van der Waals surface area contributed by atoms with Crippen molar-refractivity contribution >= 4 is 43.5 Å². The van der Waals surface area contributed by atoms with Crippen molar-refractivity contribution in [3.05, 3.63) is 62.9 Å². The molecule has 2 aromatic carbocycles. The second kappa shape index (κ2) is 12.7. The molecule has 7 atom stereocenters. The topological polar surface area (TPSA) is 130 Å². The summed E-state index contributed by atoms with van der Waals surface area (Å²) in [6, 6.07) is 5.00. The van der Waals surface area contributed by atoms with E-state index in [4.69, 9.17) is 9.47 Å². The van der Waals surface area contributed by atoms with Crippen molar-refractivity contribution in [2.24, 2.45) is 0 Å². The normalized spacial score (nSPS) is 27.8. The Morgan fingerprint density at radius 2 is 1.79 bits per heavy atom. The Labute approximate surface area is 255 Å². The van der Waals surface area contributed by atoms with E-state index in [1.807, 2.05) is 0 Å². The fraction of sp³-hybridized carbons (Fsp3) is 0.444. The molecule has 2 heterocycles. The van der Waals surface area contributed by atoms with Crippen molar-refractivity contribution in [2.45, 2.75) is 61.9 Å². The molecule has 42 heavy (non-hydrogen) atoms. The molecule has 10 nitrogen and oxygen atoms in total. The number of carbonyl (C=O) groups excluding carboxylic acids is 1. The quantitative estimate of drug-likeness (QED) is 0.317. The smallest absolute Gasteiger partial charge is 0.259 e. The predicted octanol–water partition coefficient (Wildman–Crippen LogP) is 3.51. The number of nitrogens with zero attached hydrogens (tertiary/aromatic N) is 4. The molecular weight excluding hydrogens is 693 g/mol. The lowest BCUT2D eigenvalue weighted by molar-refractivity contribution is -0.211. The molecule has 1 aliphatic carbocycles. The maximum Gasteiger partial charge on any atom is 0.259 e. The molecule has 1 saturated carbocycles. The molecule has 1 aliphatic heterocycles. The number of aliphatic hydroxyl groups excluding tert-OH is 3. The third-order valence-electron chi connectivity index (χ3n) is 7.62. The molecule has 0 spiro atoms. The van der Waals surface area contributed by atoms with Crippen LogP contribution in [0.1, 0.15) is 25.3 Å². The van der Waals surface area contributed by atoms with Crippen molar-refractivity contribution in [1.82, 2.24) is 15.0 Å². The minimum atomic E-state index is -1.63. The van der Waals surface area contributed by atoms with E-state index in [0.29, 0.717) is 33.9 Å². The highest BCUT2D eigenvalue weighted by Gasteiger charge is 2.52. The maximum atomic E-state index is 14.4. The van der Waals surface area contributed by atoms with Crippen molar-refractivity contribution < 1.29 is 42.8 Å². The minimum absolute atomic E-state index is 0.0422. The number of hydrogen-bond acceptors (Lipinski definition) is 8. The summed E-state index contributed by atoms with van der Waals surface area (Å²) in [6.45, 7) is -0.664. The van der Waals surface area contributed by atoms with Crippen LogP contribution in [0.15, 0.2) is 45.5 Å². The van der Waals surface area contributed by atoms with Gasteiger partial charge in [0.15, 0.2) is 23.6 Å². The van der Waals surface area contributed by atoms with Gasteiger partial charge in [0.05, 0.1) is 24.9 Å². The van der Waals surface area contributed by atoms with Gasteiger partial charge in [0.25, 0.3) is 5.91 Å². The zero-order valence-electron chi connectivity index (χ0n) is 22.1. The van der Waals surface area contributed by atoms with Gasteiger partial charge in [-0.15, -0.1) is 5.10 Å². The molecule has 226 valence electrons. The highest BCUT2D eigenvalue weighted by Crippen LogP contribution is 2.38. The van der Waals surface area contributed by atoms with Crippen LogP contribution < -0.4 is 4.90 Å². The first-order valence-corrected chi connectivity index (χ1v) is 14.6. The molecule has 0 bridgehead atoms. The summed E-state index contributed by atoms with van der Waals surface area (Å²) in [7, 11) is 1.31. The lowest BCUT2D eigenvalue weighted by Crippen LogP contribution is -2.62. The fourth-order valence-corrected chi connectivity index (χ4v) is 6.91. The third-order valence-corrected chi connectivity index (χ3v) is 8.53. The molecule has 3 aromatic rings. The summed E-state index contributed by atoms with van der Waals surface area (Å²) < 4.78 is 55.4. The molecule has 1 saturated heterocycles. The van der Waals surface area contributed by atoms with Crippen molar-refractivity contribution in [3.63, 3.8) is 0 Å². The summed E-state index contributed by atoms with van der Waals surface area (Å²) >= 11 is 6.88. The van der Waals surface area contributed by atoms with Gasteiger partial charge in [-0.1, -0.05) is 37.1 Å². The average molecular weight is 720 g/mol. The van der Waals surface area contributed by atoms with Gasteiger partial charge in [0.1, 0.15) is 30.0 Å². The van der Waals surface area contributed by atoms with Crippen LogP contribution in [0.25, 0.3) is 11.3 Å².